The van der Waals surface area contributed by atoms with Crippen molar-refractivity contribution < 1.29 is 32.7 Å². The maximum absolute atomic E-state index is 12.6. The Morgan fingerprint density at radius 2 is 1.75 bits per heavy atom. The van der Waals surface area contributed by atoms with E-state index in [1.165, 1.54) is 17.0 Å². The third kappa shape index (κ3) is 4.44. The van der Waals surface area contributed by atoms with E-state index in [0.717, 1.165) is 12.1 Å². The highest BCUT2D eigenvalue weighted by molar-refractivity contribution is 5.88. The molecule has 0 aliphatic carbocycles. The Balaban J connectivity index is 1.56. The average molecular weight is 399 g/mol. The van der Waals surface area contributed by atoms with Crippen LogP contribution < -0.4 is 0 Å². The summed E-state index contributed by atoms with van der Waals surface area (Å²) in [5.41, 5.74) is -0.141. The summed E-state index contributed by atoms with van der Waals surface area (Å²) in [6.07, 6.45) is -3.93. The quantitative estimate of drug-likeness (QED) is 0.800. The molecule has 152 valence electrons. The van der Waals surface area contributed by atoms with Gasteiger partial charge < -0.3 is 14.9 Å². The molecule has 0 radical (unpaired) electrons. The van der Waals surface area contributed by atoms with Crippen LogP contribution in [0.3, 0.4) is 0 Å². The summed E-state index contributed by atoms with van der Waals surface area (Å²) >= 11 is 0. The smallest absolute Gasteiger partial charge is 0.416 e. The predicted octanol–water partition coefficient (Wildman–Crippen LogP) is 1.04. The minimum absolute atomic E-state index is 0.0257. The molecule has 1 atom stereocenters. The second-order valence-corrected chi connectivity index (χ2v) is 6.94. The van der Waals surface area contributed by atoms with Crippen LogP contribution in [-0.2, 0) is 27.1 Å². The molecule has 2 fully saturated rings. The van der Waals surface area contributed by atoms with Crippen LogP contribution in [0.1, 0.15) is 17.5 Å². The Hall–Kier alpha value is -2.62. The number of hydrogen-bond donors (Lipinski definition) is 1. The van der Waals surface area contributed by atoms with Crippen molar-refractivity contribution in [3.63, 3.8) is 0 Å². The van der Waals surface area contributed by atoms with Gasteiger partial charge in [0.15, 0.2) is 0 Å². The molecular weight excluding hydrogens is 379 g/mol. The summed E-state index contributed by atoms with van der Waals surface area (Å²) in [6, 6.07) is 4.19. The lowest BCUT2D eigenvalue weighted by Crippen LogP contribution is -2.55. The molecule has 7 nitrogen and oxygen atoms in total. The number of alkyl halides is 3. The van der Waals surface area contributed by atoms with Gasteiger partial charge in [0, 0.05) is 26.2 Å². The molecule has 0 saturated carbocycles. The Morgan fingerprint density at radius 1 is 1.07 bits per heavy atom. The van der Waals surface area contributed by atoms with Crippen LogP contribution in [0.4, 0.5) is 13.2 Å². The maximum Gasteiger partial charge on any atom is 0.416 e. The topological polar surface area (TPSA) is 81.2 Å². The van der Waals surface area contributed by atoms with Gasteiger partial charge in [-0.2, -0.15) is 13.2 Å². The standard InChI is InChI=1S/C18H20F3N3O4/c19-18(20,21)13-3-1-12(2-4-13)9-23-8-7-22(10-15(23)25)14-5-6-24(17(14)28)11-16(26)27/h1-4,14H,5-11H2,(H,26,27). The van der Waals surface area contributed by atoms with Gasteiger partial charge in [0.2, 0.25) is 11.8 Å². The third-order valence-electron chi connectivity index (χ3n) is 5.04. The minimum Gasteiger partial charge on any atom is -0.480 e. The molecule has 1 unspecified atom stereocenters. The normalized spacial score (nSPS) is 21.5. The lowest BCUT2D eigenvalue weighted by atomic mass is 10.1. The number of amides is 2. The van der Waals surface area contributed by atoms with E-state index >= 15 is 0 Å². The summed E-state index contributed by atoms with van der Waals surface area (Å²) < 4.78 is 37.9. The average Bonchev–Trinajstić information content (AvgIpc) is 2.96. The van der Waals surface area contributed by atoms with Crippen LogP contribution in [0.2, 0.25) is 0 Å². The van der Waals surface area contributed by atoms with Gasteiger partial charge in [0.05, 0.1) is 18.2 Å². The zero-order valence-electron chi connectivity index (χ0n) is 15.0. The Morgan fingerprint density at radius 3 is 2.32 bits per heavy atom. The number of carboxylic acids is 1. The first-order chi connectivity index (χ1) is 13.1. The van der Waals surface area contributed by atoms with Gasteiger partial charge in [-0.3, -0.25) is 19.3 Å². The van der Waals surface area contributed by atoms with Crippen molar-refractivity contribution in [3.8, 4) is 0 Å². The first-order valence-corrected chi connectivity index (χ1v) is 8.83. The van der Waals surface area contributed by atoms with Crippen molar-refractivity contribution in [1.29, 1.82) is 0 Å². The molecule has 1 aromatic rings. The number of aliphatic carboxylic acids is 1. The monoisotopic (exact) mass is 399 g/mol. The van der Waals surface area contributed by atoms with Crippen molar-refractivity contribution in [1.82, 2.24) is 14.7 Å². The molecule has 2 aliphatic rings. The number of likely N-dealkylation sites (tertiary alicyclic amines) is 1. The number of halogens is 3. The SMILES string of the molecule is O=C(O)CN1CCC(N2CCN(Cc3ccc(C(F)(F)F)cc3)C(=O)C2)C1=O. The molecule has 0 spiro atoms. The number of carbonyl (C=O) groups excluding carboxylic acids is 2. The van der Waals surface area contributed by atoms with E-state index < -0.39 is 23.8 Å². The highest BCUT2D eigenvalue weighted by Gasteiger charge is 2.39. The fourth-order valence-corrected chi connectivity index (χ4v) is 3.56. The zero-order chi connectivity index (χ0) is 20.5. The van der Waals surface area contributed by atoms with Crippen LogP contribution in [-0.4, -0.2) is 76.4 Å². The molecule has 10 heteroatoms. The molecule has 2 amide bonds. The maximum atomic E-state index is 12.6. The van der Waals surface area contributed by atoms with Crippen molar-refractivity contribution in [2.45, 2.75) is 25.2 Å². The Bertz CT molecular complexity index is 766. The zero-order valence-corrected chi connectivity index (χ0v) is 15.0. The molecule has 0 aromatic heterocycles. The lowest BCUT2D eigenvalue weighted by molar-refractivity contribution is -0.146. The van der Waals surface area contributed by atoms with Crippen LogP contribution in [0, 0.1) is 0 Å². The van der Waals surface area contributed by atoms with Gasteiger partial charge in [-0.1, -0.05) is 12.1 Å². The van der Waals surface area contributed by atoms with Crippen molar-refractivity contribution in [2.24, 2.45) is 0 Å². The highest BCUT2D eigenvalue weighted by Crippen LogP contribution is 2.29. The van der Waals surface area contributed by atoms with Crippen molar-refractivity contribution in [2.75, 3.05) is 32.7 Å². The second kappa shape index (κ2) is 7.78. The van der Waals surface area contributed by atoms with Crippen LogP contribution in [0.5, 0.6) is 0 Å². The van der Waals surface area contributed by atoms with E-state index in [1.54, 1.807) is 9.80 Å². The third-order valence-corrected chi connectivity index (χ3v) is 5.04. The predicted molar refractivity (Wildman–Crippen MR) is 91.1 cm³/mol. The molecule has 0 bridgehead atoms. The van der Waals surface area contributed by atoms with Crippen LogP contribution >= 0.6 is 0 Å². The van der Waals surface area contributed by atoms with E-state index in [2.05, 4.69) is 0 Å². The van der Waals surface area contributed by atoms with E-state index in [1.807, 2.05) is 0 Å². The number of carbonyl (C=O) groups is 3. The molecule has 2 saturated heterocycles. The fraction of sp³-hybridized carbons (Fsp3) is 0.500. The van der Waals surface area contributed by atoms with E-state index in [0.29, 0.717) is 31.6 Å². The number of benzene rings is 1. The second-order valence-electron chi connectivity index (χ2n) is 6.94. The summed E-state index contributed by atoms with van der Waals surface area (Å²) in [5.74, 6) is -1.58. The number of carboxylic acid groups (broad SMARTS) is 1. The van der Waals surface area contributed by atoms with Gasteiger partial charge in [0.1, 0.15) is 6.54 Å². The minimum atomic E-state index is -4.40. The van der Waals surface area contributed by atoms with E-state index in [4.69, 9.17) is 5.11 Å². The van der Waals surface area contributed by atoms with Gasteiger partial charge in [-0.25, -0.2) is 0 Å². The lowest BCUT2D eigenvalue weighted by Gasteiger charge is -2.36. The molecule has 3 rings (SSSR count). The van der Waals surface area contributed by atoms with Crippen LogP contribution in [0.15, 0.2) is 24.3 Å². The molecule has 2 aliphatic heterocycles. The van der Waals surface area contributed by atoms with Gasteiger partial charge in [-0.15, -0.1) is 0 Å². The molecule has 1 N–H and O–H groups in total. The number of piperazine rings is 1. The summed E-state index contributed by atoms with van der Waals surface area (Å²) in [7, 11) is 0. The van der Waals surface area contributed by atoms with Crippen molar-refractivity contribution in [3.05, 3.63) is 35.4 Å². The van der Waals surface area contributed by atoms with Gasteiger partial charge in [0.25, 0.3) is 0 Å². The fourth-order valence-electron chi connectivity index (χ4n) is 3.56. The van der Waals surface area contributed by atoms with Crippen LogP contribution in [0.25, 0.3) is 0 Å². The van der Waals surface area contributed by atoms with E-state index in [9.17, 15) is 27.6 Å². The number of hydrogen-bond acceptors (Lipinski definition) is 4. The van der Waals surface area contributed by atoms with E-state index in [-0.39, 0.29) is 31.4 Å². The molecule has 1 aromatic carbocycles. The first kappa shape index (κ1) is 20.1. The summed E-state index contributed by atoms with van der Waals surface area (Å²) in [4.78, 5) is 40.1. The summed E-state index contributed by atoms with van der Waals surface area (Å²) in [6.45, 7) is 1.02. The largest absolute Gasteiger partial charge is 0.480 e. The molecular formula is C18H20F3N3O4. The summed E-state index contributed by atoms with van der Waals surface area (Å²) in [5, 5.41) is 8.84. The first-order valence-electron chi connectivity index (χ1n) is 8.83. The number of nitrogens with zero attached hydrogens (tertiary/aromatic N) is 3. The number of rotatable bonds is 5. The molecule has 2 heterocycles. The van der Waals surface area contributed by atoms with Gasteiger partial charge in [-0.05, 0) is 24.1 Å². The Kier molecular flexibility index (Phi) is 5.59. The van der Waals surface area contributed by atoms with Gasteiger partial charge >= 0.3 is 12.1 Å². The Labute approximate surface area is 159 Å². The molecule has 28 heavy (non-hydrogen) atoms. The van der Waals surface area contributed by atoms with Crippen molar-refractivity contribution >= 4 is 17.8 Å². The highest BCUT2D eigenvalue weighted by atomic mass is 19.4.